The van der Waals surface area contributed by atoms with Gasteiger partial charge in [0.15, 0.2) is 5.82 Å². The van der Waals surface area contributed by atoms with Gasteiger partial charge < -0.3 is 30.5 Å². The Hall–Kier alpha value is -4.83. The number of ether oxygens (including phenoxy) is 1. The van der Waals surface area contributed by atoms with Crippen molar-refractivity contribution >= 4 is 40.4 Å². The van der Waals surface area contributed by atoms with E-state index in [2.05, 4.69) is 49.2 Å². The Morgan fingerprint density at radius 3 is 2.47 bits per heavy atom. The number of nitrogens with zero attached hydrogens (tertiary/aromatic N) is 5. The number of hydrogen-bond donors (Lipinski definition) is 3. The number of likely N-dealkylation sites (N-methyl/N-ethyl adjacent to an activating group) is 1. The van der Waals surface area contributed by atoms with Crippen molar-refractivity contribution in [2.24, 2.45) is 0 Å². The van der Waals surface area contributed by atoms with Crippen LogP contribution in [0.3, 0.4) is 0 Å². The fourth-order valence-corrected chi connectivity index (χ4v) is 4.47. The largest absolute Gasteiger partial charge is 0.489 e. The first-order valence-corrected chi connectivity index (χ1v) is 13.7. The molecular formula is C30H33F3N8O2. The molecule has 1 fully saturated rings. The minimum absolute atomic E-state index is 0.0494. The van der Waals surface area contributed by atoms with Gasteiger partial charge in [-0.25, -0.2) is 4.98 Å². The van der Waals surface area contributed by atoms with E-state index >= 15 is 0 Å². The summed E-state index contributed by atoms with van der Waals surface area (Å²) < 4.78 is 45.7. The zero-order valence-corrected chi connectivity index (χ0v) is 24.1. The third-order valence-electron chi connectivity index (χ3n) is 6.71. The molecular weight excluding hydrogens is 561 g/mol. The Morgan fingerprint density at radius 1 is 1.12 bits per heavy atom. The number of anilines is 6. The molecule has 1 aliphatic rings. The third-order valence-corrected chi connectivity index (χ3v) is 6.71. The Balaban J connectivity index is 1.64. The van der Waals surface area contributed by atoms with Crippen molar-refractivity contribution < 1.29 is 22.7 Å². The van der Waals surface area contributed by atoms with Crippen LogP contribution >= 0.6 is 0 Å². The van der Waals surface area contributed by atoms with Gasteiger partial charge >= 0.3 is 6.18 Å². The molecule has 1 aromatic heterocycles. The first-order valence-electron chi connectivity index (χ1n) is 13.7. The van der Waals surface area contributed by atoms with E-state index in [-0.39, 0.29) is 28.8 Å². The summed E-state index contributed by atoms with van der Waals surface area (Å²) in [6.45, 7) is 13.6. The van der Waals surface area contributed by atoms with Crippen molar-refractivity contribution in [1.29, 1.82) is 5.26 Å². The number of carbonyl (C=O) groups is 1. The summed E-state index contributed by atoms with van der Waals surface area (Å²) in [6, 6.07) is 10.6. The summed E-state index contributed by atoms with van der Waals surface area (Å²) in [6.07, 6.45) is -2.52. The third kappa shape index (κ3) is 7.92. The van der Waals surface area contributed by atoms with Crippen molar-refractivity contribution in [3.63, 3.8) is 0 Å². The normalized spacial score (nSPS) is 13.8. The molecule has 0 radical (unpaired) electrons. The molecule has 2 aromatic carbocycles. The van der Waals surface area contributed by atoms with Crippen molar-refractivity contribution in [2.45, 2.75) is 33.1 Å². The molecule has 0 bridgehead atoms. The summed E-state index contributed by atoms with van der Waals surface area (Å²) in [7, 11) is 0. The quantitative estimate of drug-likeness (QED) is 0.246. The van der Waals surface area contributed by atoms with Crippen molar-refractivity contribution in [3.8, 4) is 11.8 Å². The number of alkyl halides is 3. The second kappa shape index (κ2) is 13.4. The number of benzene rings is 2. The minimum atomic E-state index is -4.56. The maximum atomic E-state index is 13.4. The number of nitriles is 1. The lowest BCUT2D eigenvalue weighted by molar-refractivity contribution is -0.137. The first-order chi connectivity index (χ1) is 20.5. The molecule has 1 amide bonds. The van der Waals surface area contributed by atoms with Gasteiger partial charge in [-0.1, -0.05) is 13.5 Å². The number of rotatable bonds is 10. The van der Waals surface area contributed by atoms with E-state index in [1.165, 1.54) is 12.3 Å². The van der Waals surface area contributed by atoms with Crippen LogP contribution in [0.15, 0.2) is 55.3 Å². The molecule has 3 N–H and O–H groups in total. The van der Waals surface area contributed by atoms with E-state index in [9.17, 15) is 23.2 Å². The van der Waals surface area contributed by atoms with E-state index < -0.39 is 23.8 Å². The molecule has 13 heteroatoms. The fourth-order valence-electron chi connectivity index (χ4n) is 4.47. The van der Waals surface area contributed by atoms with Gasteiger partial charge in [0, 0.05) is 31.9 Å². The molecule has 0 spiro atoms. The lowest BCUT2D eigenvalue weighted by atomic mass is 10.1. The van der Waals surface area contributed by atoms with E-state index in [1.54, 1.807) is 19.9 Å². The molecule has 0 unspecified atom stereocenters. The van der Waals surface area contributed by atoms with Gasteiger partial charge in [0.1, 0.15) is 17.4 Å². The second-order valence-electron chi connectivity index (χ2n) is 10.0. The highest BCUT2D eigenvalue weighted by atomic mass is 19.4. The molecule has 10 nitrogen and oxygen atoms in total. The van der Waals surface area contributed by atoms with Gasteiger partial charge in [-0.2, -0.15) is 23.4 Å². The van der Waals surface area contributed by atoms with Crippen LogP contribution in [-0.2, 0) is 11.0 Å². The first kappa shape index (κ1) is 31.1. The van der Waals surface area contributed by atoms with Crippen LogP contribution in [0.1, 0.15) is 31.9 Å². The Bertz CT molecular complexity index is 1510. The SMILES string of the molecule is C=CC(=O)Nc1cc(N2CCN(CC)CC2)ccc1Nc1ncc(C#N)c(Nc2ccc(C(F)(F)F)cc2OC(C)C)n1. The molecule has 1 aliphatic heterocycles. The van der Waals surface area contributed by atoms with Gasteiger partial charge in [0.05, 0.1) is 34.9 Å². The number of carbonyl (C=O) groups excluding carboxylic acids is 1. The highest BCUT2D eigenvalue weighted by Gasteiger charge is 2.31. The second-order valence-corrected chi connectivity index (χ2v) is 10.0. The van der Waals surface area contributed by atoms with Crippen LogP contribution in [0.25, 0.3) is 0 Å². The molecule has 43 heavy (non-hydrogen) atoms. The maximum Gasteiger partial charge on any atom is 0.416 e. The molecule has 226 valence electrons. The zero-order valence-electron chi connectivity index (χ0n) is 24.1. The molecule has 0 aliphatic carbocycles. The van der Waals surface area contributed by atoms with Crippen LogP contribution in [0.2, 0.25) is 0 Å². The molecule has 4 rings (SSSR count). The fraction of sp³-hybridized carbons (Fsp3) is 0.333. The average Bonchev–Trinajstić information content (AvgIpc) is 2.98. The van der Waals surface area contributed by atoms with Crippen LogP contribution in [0.5, 0.6) is 5.75 Å². The highest BCUT2D eigenvalue weighted by Crippen LogP contribution is 2.37. The number of halogens is 3. The maximum absolute atomic E-state index is 13.4. The van der Waals surface area contributed by atoms with E-state index in [0.29, 0.717) is 11.4 Å². The predicted molar refractivity (Wildman–Crippen MR) is 160 cm³/mol. The average molecular weight is 595 g/mol. The summed E-state index contributed by atoms with van der Waals surface area (Å²) >= 11 is 0. The predicted octanol–water partition coefficient (Wildman–Crippen LogP) is 5.91. The van der Waals surface area contributed by atoms with E-state index in [4.69, 9.17) is 4.74 Å². The zero-order chi connectivity index (χ0) is 31.1. The summed E-state index contributed by atoms with van der Waals surface area (Å²) in [5.74, 6) is -0.320. The summed E-state index contributed by atoms with van der Waals surface area (Å²) in [5.41, 5.74) is 1.27. The summed E-state index contributed by atoms with van der Waals surface area (Å²) in [4.78, 5) is 25.5. The van der Waals surface area contributed by atoms with Crippen LogP contribution < -0.4 is 25.6 Å². The van der Waals surface area contributed by atoms with Gasteiger partial charge in [-0.3, -0.25) is 4.79 Å². The van der Waals surface area contributed by atoms with Crippen LogP contribution in [0, 0.1) is 11.3 Å². The van der Waals surface area contributed by atoms with Gasteiger partial charge in [0.25, 0.3) is 0 Å². The van der Waals surface area contributed by atoms with E-state index in [0.717, 1.165) is 56.6 Å². The lowest BCUT2D eigenvalue weighted by Crippen LogP contribution is -2.46. The Morgan fingerprint density at radius 2 is 1.84 bits per heavy atom. The van der Waals surface area contributed by atoms with E-state index in [1.807, 2.05) is 18.2 Å². The molecule has 0 atom stereocenters. The van der Waals surface area contributed by atoms with Crippen LogP contribution in [-0.4, -0.2) is 59.6 Å². The topological polar surface area (TPSA) is 118 Å². The number of amides is 1. The molecule has 1 saturated heterocycles. The number of aromatic nitrogens is 2. The van der Waals surface area contributed by atoms with Gasteiger partial charge in [-0.15, -0.1) is 0 Å². The molecule has 0 saturated carbocycles. The molecule has 3 aromatic rings. The Kier molecular flexibility index (Phi) is 9.72. The standard InChI is InChI=1S/C30H33F3N8O2/c1-5-27(42)36-25-16-22(41-13-11-40(6-2)12-14-41)8-10-23(25)38-29-35-18-20(17-34)28(39-29)37-24-9-7-21(30(31,32)33)15-26(24)43-19(3)4/h5,7-10,15-16,18-19H,1,6,11-14H2,2-4H3,(H,36,42)(H2,35,37,38,39). The van der Waals surface area contributed by atoms with Crippen molar-refractivity contribution in [1.82, 2.24) is 14.9 Å². The Labute approximate surface area is 248 Å². The summed E-state index contributed by atoms with van der Waals surface area (Å²) in [5, 5.41) is 18.5. The highest BCUT2D eigenvalue weighted by molar-refractivity contribution is 6.02. The minimum Gasteiger partial charge on any atom is -0.489 e. The van der Waals surface area contributed by atoms with Crippen molar-refractivity contribution in [3.05, 3.63) is 66.4 Å². The monoisotopic (exact) mass is 594 g/mol. The van der Waals surface area contributed by atoms with Crippen molar-refractivity contribution in [2.75, 3.05) is 53.6 Å². The molecule has 2 heterocycles. The number of nitrogens with one attached hydrogen (secondary N) is 3. The number of piperazine rings is 1. The lowest BCUT2D eigenvalue weighted by Gasteiger charge is -2.35. The van der Waals surface area contributed by atoms with Gasteiger partial charge in [-0.05, 0) is 62.9 Å². The van der Waals surface area contributed by atoms with Crippen LogP contribution in [0.4, 0.5) is 47.7 Å². The van der Waals surface area contributed by atoms with Gasteiger partial charge in [0.2, 0.25) is 11.9 Å². The number of hydrogen-bond acceptors (Lipinski definition) is 9. The smallest absolute Gasteiger partial charge is 0.416 e.